The molecule has 140 valence electrons. The number of hydrogen-bond donors (Lipinski definition) is 2. The lowest BCUT2D eigenvalue weighted by atomic mass is 10.1. The van der Waals surface area contributed by atoms with Gasteiger partial charge in [0, 0.05) is 12.6 Å². The average molecular weight is 377 g/mol. The number of carbonyl (C=O) groups is 1. The molecule has 26 heavy (non-hydrogen) atoms. The van der Waals surface area contributed by atoms with Gasteiger partial charge >= 0.3 is 0 Å². The first-order chi connectivity index (χ1) is 12.5. The van der Waals surface area contributed by atoms with E-state index in [0.717, 1.165) is 18.4 Å². The standard InChI is InChI=1S/C20H25ClN2O3/c1-14(8-9-15-6-4-3-5-7-15)23-12-16-10-17(21)20(18(11-16)25-2)26-13-19(22)24/h3-7,10-11,14,23H,8-9,12-13H2,1-2H3,(H2,22,24). The van der Waals surface area contributed by atoms with Crippen molar-refractivity contribution in [2.24, 2.45) is 5.73 Å². The molecule has 2 rings (SSSR count). The van der Waals surface area contributed by atoms with E-state index in [1.54, 1.807) is 6.07 Å². The minimum Gasteiger partial charge on any atom is -0.493 e. The summed E-state index contributed by atoms with van der Waals surface area (Å²) in [5.74, 6) is 0.238. The molecule has 1 atom stereocenters. The van der Waals surface area contributed by atoms with E-state index < -0.39 is 5.91 Å². The van der Waals surface area contributed by atoms with Crippen LogP contribution in [0.5, 0.6) is 11.5 Å². The monoisotopic (exact) mass is 376 g/mol. The number of rotatable bonds is 10. The third-order valence-electron chi connectivity index (χ3n) is 4.01. The lowest BCUT2D eigenvalue weighted by molar-refractivity contribution is -0.119. The molecule has 0 radical (unpaired) electrons. The van der Waals surface area contributed by atoms with Crippen LogP contribution in [0.1, 0.15) is 24.5 Å². The molecule has 0 spiro atoms. The zero-order valence-corrected chi connectivity index (χ0v) is 15.9. The summed E-state index contributed by atoms with van der Waals surface area (Å²) in [4.78, 5) is 10.9. The van der Waals surface area contributed by atoms with Crippen molar-refractivity contribution >= 4 is 17.5 Å². The largest absolute Gasteiger partial charge is 0.493 e. The fourth-order valence-corrected chi connectivity index (χ4v) is 2.87. The molecule has 0 bridgehead atoms. The second-order valence-corrected chi connectivity index (χ2v) is 6.58. The molecule has 1 unspecified atom stereocenters. The van der Waals surface area contributed by atoms with Crippen LogP contribution in [0.25, 0.3) is 0 Å². The molecule has 0 heterocycles. The molecule has 0 aliphatic carbocycles. The second kappa shape index (κ2) is 10.0. The van der Waals surface area contributed by atoms with Gasteiger partial charge in [-0.2, -0.15) is 0 Å². The van der Waals surface area contributed by atoms with E-state index in [0.29, 0.717) is 29.1 Å². The molecule has 6 heteroatoms. The molecule has 3 N–H and O–H groups in total. The summed E-state index contributed by atoms with van der Waals surface area (Å²) in [5, 5.41) is 3.88. The molecule has 2 aromatic rings. The Morgan fingerprint density at radius 1 is 1.23 bits per heavy atom. The van der Waals surface area contributed by atoms with E-state index in [-0.39, 0.29) is 6.61 Å². The zero-order chi connectivity index (χ0) is 18.9. The molecule has 0 aromatic heterocycles. The van der Waals surface area contributed by atoms with Crippen molar-refractivity contribution in [2.45, 2.75) is 32.4 Å². The lowest BCUT2D eigenvalue weighted by Gasteiger charge is -2.16. The number of benzene rings is 2. The number of ether oxygens (including phenoxy) is 2. The number of primary amides is 1. The molecule has 1 amide bonds. The minimum absolute atomic E-state index is 0.246. The van der Waals surface area contributed by atoms with E-state index in [1.807, 2.05) is 12.1 Å². The van der Waals surface area contributed by atoms with Gasteiger partial charge in [-0.3, -0.25) is 4.79 Å². The van der Waals surface area contributed by atoms with Gasteiger partial charge in [0.25, 0.3) is 5.91 Å². The summed E-state index contributed by atoms with van der Waals surface area (Å²) in [6.45, 7) is 2.57. The van der Waals surface area contributed by atoms with Crippen LogP contribution in [0, 0.1) is 0 Å². The van der Waals surface area contributed by atoms with Gasteiger partial charge in [-0.15, -0.1) is 0 Å². The zero-order valence-electron chi connectivity index (χ0n) is 15.1. The van der Waals surface area contributed by atoms with E-state index in [4.69, 9.17) is 26.8 Å². The number of nitrogens with one attached hydrogen (secondary N) is 1. The Labute approximate surface area is 159 Å². The first-order valence-corrected chi connectivity index (χ1v) is 8.92. The number of nitrogens with two attached hydrogens (primary N) is 1. The quantitative estimate of drug-likeness (QED) is 0.667. The van der Waals surface area contributed by atoms with Crippen molar-refractivity contribution in [3.05, 3.63) is 58.6 Å². The van der Waals surface area contributed by atoms with Crippen molar-refractivity contribution in [3.63, 3.8) is 0 Å². The van der Waals surface area contributed by atoms with Gasteiger partial charge in [-0.05, 0) is 43.0 Å². The second-order valence-electron chi connectivity index (χ2n) is 6.17. The Morgan fingerprint density at radius 2 is 1.96 bits per heavy atom. The van der Waals surface area contributed by atoms with Crippen LogP contribution < -0.4 is 20.5 Å². The number of hydrogen-bond acceptors (Lipinski definition) is 4. The van der Waals surface area contributed by atoms with Crippen molar-refractivity contribution in [1.82, 2.24) is 5.32 Å². The van der Waals surface area contributed by atoms with Crippen LogP contribution in [0.4, 0.5) is 0 Å². The number of carbonyl (C=O) groups excluding carboxylic acids is 1. The maximum Gasteiger partial charge on any atom is 0.255 e. The topological polar surface area (TPSA) is 73.6 Å². The molecule has 0 fully saturated rings. The van der Waals surface area contributed by atoms with E-state index in [2.05, 4.69) is 36.5 Å². The highest BCUT2D eigenvalue weighted by Gasteiger charge is 2.13. The van der Waals surface area contributed by atoms with Crippen LogP contribution >= 0.6 is 11.6 Å². The molecule has 0 aliphatic rings. The summed E-state index contributed by atoms with van der Waals surface area (Å²) in [6.07, 6.45) is 2.06. The van der Waals surface area contributed by atoms with E-state index in [9.17, 15) is 4.79 Å². The van der Waals surface area contributed by atoms with Crippen LogP contribution in [0.3, 0.4) is 0 Å². The highest BCUT2D eigenvalue weighted by Crippen LogP contribution is 2.36. The summed E-state index contributed by atoms with van der Waals surface area (Å²) in [6, 6.07) is 14.4. The Kier molecular flexibility index (Phi) is 7.75. The smallest absolute Gasteiger partial charge is 0.255 e. The molecule has 0 saturated heterocycles. The molecular formula is C20H25ClN2O3. The van der Waals surface area contributed by atoms with E-state index >= 15 is 0 Å². The SMILES string of the molecule is COc1cc(CNC(C)CCc2ccccc2)cc(Cl)c1OCC(N)=O. The summed E-state index contributed by atoms with van der Waals surface area (Å²) < 4.78 is 10.7. The fraction of sp³-hybridized carbons (Fsp3) is 0.350. The highest BCUT2D eigenvalue weighted by atomic mass is 35.5. The number of amides is 1. The van der Waals surface area contributed by atoms with Crippen molar-refractivity contribution in [1.29, 1.82) is 0 Å². The van der Waals surface area contributed by atoms with Gasteiger partial charge < -0.3 is 20.5 Å². The number of halogens is 1. The molecular weight excluding hydrogens is 352 g/mol. The fourth-order valence-electron chi connectivity index (χ4n) is 2.58. The molecule has 0 aliphatic heterocycles. The van der Waals surface area contributed by atoms with Crippen molar-refractivity contribution < 1.29 is 14.3 Å². The summed E-state index contributed by atoms with van der Waals surface area (Å²) in [7, 11) is 1.53. The third kappa shape index (κ3) is 6.24. The first kappa shape index (κ1) is 20.1. The molecule has 0 saturated carbocycles. The van der Waals surface area contributed by atoms with Crippen LogP contribution in [0.2, 0.25) is 5.02 Å². The normalized spacial score (nSPS) is 11.8. The highest BCUT2D eigenvalue weighted by molar-refractivity contribution is 6.32. The van der Waals surface area contributed by atoms with Gasteiger partial charge in [0.15, 0.2) is 18.1 Å². The van der Waals surface area contributed by atoms with Gasteiger partial charge in [-0.1, -0.05) is 41.9 Å². The predicted molar refractivity (Wildman–Crippen MR) is 104 cm³/mol. The number of aryl methyl sites for hydroxylation is 1. The maximum absolute atomic E-state index is 10.9. The first-order valence-electron chi connectivity index (χ1n) is 8.54. The Bertz CT molecular complexity index is 722. The van der Waals surface area contributed by atoms with Gasteiger partial charge in [0.05, 0.1) is 12.1 Å². The third-order valence-corrected chi connectivity index (χ3v) is 4.29. The summed E-state index contributed by atoms with van der Waals surface area (Å²) in [5.41, 5.74) is 7.42. The van der Waals surface area contributed by atoms with Crippen LogP contribution in [0.15, 0.2) is 42.5 Å². The average Bonchev–Trinajstić information content (AvgIpc) is 2.64. The van der Waals surface area contributed by atoms with E-state index in [1.165, 1.54) is 12.7 Å². The Hall–Kier alpha value is -2.24. The number of methoxy groups -OCH3 is 1. The van der Waals surface area contributed by atoms with Gasteiger partial charge in [-0.25, -0.2) is 0 Å². The van der Waals surface area contributed by atoms with Crippen molar-refractivity contribution in [2.75, 3.05) is 13.7 Å². The minimum atomic E-state index is -0.568. The lowest BCUT2D eigenvalue weighted by Crippen LogP contribution is -2.26. The van der Waals surface area contributed by atoms with Crippen LogP contribution in [-0.2, 0) is 17.8 Å². The molecule has 2 aromatic carbocycles. The Morgan fingerprint density at radius 3 is 2.62 bits per heavy atom. The van der Waals surface area contributed by atoms with Gasteiger partial charge in [0.2, 0.25) is 0 Å². The predicted octanol–water partition coefficient (Wildman–Crippen LogP) is 3.32. The summed E-state index contributed by atoms with van der Waals surface area (Å²) >= 11 is 6.27. The van der Waals surface area contributed by atoms with Crippen LogP contribution in [-0.4, -0.2) is 25.7 Å². The van der Waals surface area contributed by atoms with Crippen molar-refractivity contribution in [3.8, 4) is 11.5 Å². The maximum atomic E-state index is 10.9. The molecule has 5 nitrogen and oxygen atoms in total. The Balaban J connectivity index is 1.92. The van der Waals surface area contributed by atoms with Gasteiger partial charge in [0.1, 0.15) is 0 Å².